The summed E-state index contributed by atoms with van der Waals surface area (Å²) < 4.78 is 0. The van der Waals surface area contributed by atoms with E-state index in [4.69, 9.17) is 5.11 Å². The zero-order valence-electron chi connectivity index (χ0n) is 10.4. The van der Waals surface area contributed by atoms with Crippen LogP contribution in [0.4, 0.5) is 0 Å². The van der Waals surface area contributed by atoms with Crippen LogP contribution in [0.3, 0.4) is 0 Å². The molecule has 2 nitrogen and oxygen atoms in total. The fraction of sp³-hybridized carbons (Fsp3) is 0.615. The van der Waals surface area contributed by atoms with Crippen molar-refractivity contribution in [1.29, 1.82) is 0 Å². The molecule has 0 rings (SSSR count). The molecule has 0 atom stereocenters. The molecule has 0 aromatic heterocycles. The van der Waals surface area contributed by atoms with Crippen molar-refractivity contribution in [2.24, 2.45) is 10.8 Å². The third kappa shape index (κ3) is 7.81. The van der Waals surface area contributed by atoms with Crippen LogP contribution >= 0.6 is 0 Å². The van der Waals surface area contributed by atoms with Crippen LogP contribution in [0.5, 0.6) is 0 Å². The first-order chi connectivity index (χ1) is 6.51. The summed E-state index contributed by atoms with van der Waals surface area (Å²) in [6.45, 7) is 11.7. The quantitative estimate of drug-likeness (QED) is 0.531. The number of carboxylic acids is 1. The van der Waals surface area contributed by atoms with Crippen molar-refractivity contribution in [1.82, 2.24) is 0 Å². The van der Waals surface area contributed by atoms with Crippen molar-refractivity contribution in [2.45, 2.75) is 41.5 Å². The van der Waals surface area contributed by atoms with Crippen molar-refractivity contribution in [3.05, 3.63) is 11.6 Å². The Morgan fingerprint density at radius 1 is 1.13 bits per heavy atom. The summed E-state index contributed by atoms with van der Waals surface area (Å²) in [7, 11) is 0. The van der Waals surface area contributed by atoms with Gasteiger partial charge < -0.3 is 5.11 Å². The van der Waals surface area contributed by atoms with Gasteiger partial charge in [-0.1, -0.05) is 38.7 Å². The Balaban J connectivity index is 5.10. The van der Waals surface area contributed by atoms with E-state index in [9.17, 15) is 4.79 Å². The summed E-state index contributed by atoms with van der Waals surface area (Å²) in [6.07, 6.45) is 1.69. The zero-order chi connectivity index (χ0) is 12.3. The van der Waals surface area contributed by atoms with E-state index in [0.29, 0.717) is 0 Å². The van der Waals surface area contributed by atoms with Gasteiger partial charge >= 0.3 is 5.97 Å². The minimum Gasteiger partial charge on any atom is -0.477 e. The van der Waals surface area contributed by atoms with Crippen LogP contribution in [0.25, 0.3) is 0 Å². The molecular weight excluding hydrogens is 188 g/mol. The summed E-state index contributed by atoms with van der Waals surface area (Å²) >= 11 is 0. The van der Waals surface area contributed by atoms with Crippen molar-refractivity contribution in [3.8, 4) is 11.8 Å². The van der Waals surface area contributed by atoms with Gasteiger partial charge in [0.1, 0.15) is 5.57 Å². The van der Waals surface area contributed by atoms with Crippen LogP contribution in [-0.2, 0) is 4.79 Å². The largest absolute Gasteiger partial charge is 0.477 e. The van der Waals surface area contributed by atoms with Gasteiger partial charge in [0.2, 0.25) is 0 Å². The maximum atomic E-state index is 10.9. The Hall–Kier alpha value is -1.23. The molecule has 0 fully saturated rings. The van der Waals surface area contributed by atoms with Gasteiger partial charge in [-0.2, -0.15) is 0 Å². The van der Waals surface area contributed by atoms with E-state index < -0.39 is 5.97 Å². The maximum absolute atomic E-state index is 10.9. The minimum absolute atomic E-state index is 0.166. The van der Waals surface area contributed by atoms with Crippen LogP contribution < -0.4 is 0 Å². The second kappa shape index (κ2) is 4.53. The molecule has 2 heteroatoms. The van der Waals surface area contributed by atoms with E-state index >= 15 is 0 Å². The van der Waals surface area contributed by atoms with E-state index in [1.54, 1.807) is 6.08 Å². The fourth-order valence-corrected chi connectivity index (χ4v) is 0.839. The normalized spacial score (nSPS) is 13.1. The van der Waals surface area contributed by atoms with Crippen molar-refractivity contribution in [3.63, 3.8) is 0 Å². The fourth-order valence-electron chi connectivity index (χ4n) is 0.839. The van der Waals surface area contributed by atoms with E-state index in [1.165, 1.54) is 0 Å². The molecule has 0 aliphatic carbocycles. The van der Waals surface area contributed by atoms with E-state index in [1.807, 2.05) is 41.5 Å². The molecule has 0 unspecified atom stereocenters. The number of allylic oxidation sites excluding steroid dienone is 1. The zero-order valence-corrected chi connectivity index (χ0v) is 10.4. The Labute approximate surface area is 92.4 Å². The average molecular weight is 208 g/mol. The lowest BCUT2D eigenvalue weighted by Gasteiger charge is -2.12. The van der Waals surface area contributed by atoms with Gasteiger partial charge in [-0.3, -0.25) is 0 Å². The topological polar surface area (TPSA) is 37.3 Å². The molecule has 0 spiro atoms. The third-order valence-electron chi connectivity index (χ3n) is 1.38. The molecule has 0 saturated heterocycles. The Morgan fingerprint density at radius 2 is 1.60 bits per heavy atom. The van der Waals surface area contributed by atoms with Crippen molar-refractivity contribution < 1.29 is 9.90 Å². The van der Waals surface area contributed by atoms with Gasteiger partial charge in [0.25, 0.3) is 0 Å². The summed E-state index contributed by atoms with van der Waals surface area (Å²) in [4.78, 5) is 10.9. The first kappa shape index (κ1) is 13.8. The summed E-state index contributed by atoms with van der Waals surface area (Å²) in [5, 5.41) is 8.96. The molecular formula is C13H20O2. The van der Waals surface area contributed by atoms with E-state index in [0.717, 1.165) is 0 Å². The highest BCUT2D eigenvalue weighted by Crippen LogP contribution is 2.18. The van der Waals surface area contributed by atoms with Crippen LogP contribution in [-0.4, -0.2) is 11.1 Å². The van der Waals surface area contributed by atoms with Gasteiger partial charge in [-0.25, -0.2) is 4.79 Å². The maximum Gasteiger partial charge on any atom is 0.343 e. The predicted octanol–water partition coefficient (Wildman–Crippen LogP) is 3.09. The van der Waals surface area contributed by atoms with Crippen molar-refractivity contribution in [2.75, 3.05) is 0 Å². The summed E-state index contributed by atoms with van der Waals surface area (Å²) in [5.74, 6) is 4.70. The first-order valence-electron chi connectivity index (χ1n) is 5.01. The molecule has 0 aliphatic heterocycles. The third-order valence-corrected chi connectivity index (χ3v) is 1.38. The second-order valence-electron chi connectivity index (χ2n) is 5.73. The predicted molar refractivity (Wildman–Crippen MR) is 62.4 cm³/mol. The average Bonchev–Trinajstić information content (AvgIpc) is 1.93. The SMILES string of the molecule is CC(C)(C)C#C/C(=C/C(C)(C)C)C(=O)O. The lowest BCUT2D eigenvalue weighted by molar-refractivity contribution is -0.132. The molecule has 15 heavy (non-hydrogen) atoms. The summed E-state index contributed by atoms with van der Waals surface area (Å²) in [6, 6.07) is 0. The highest BCUT2D eigenvalue weighted by atomic mass is 16.4. The summed E-state index contributed by atoms with van der Waals surface area (Å²) in [5.41, 5.74) is -0.162. The van der Waals surface area contributed by atoms with Crippen LogP contribution in [0, 0.1) is 22.7 Å². The Kier molecular flexibility index (Phi) is 4.16. The first-order valence-corrected chi connectivity index (χ1v) is 5.01. The molecule has 0 bridgehead atoms. The highest BCUT2D eigenvalue weighted by Gasteiger charge is 2.13. The molecule has 0 heterocycles. The monoisotopic (exact) mass is 208 g/mol. The molecule has 0 aromatic rings. The van der Waals surface area contributed by atoms with Crippen LogP contribution in [0.2, 0.25) is 0 Å². The van der Waals surface area contributed by atoms with E-state index in [-0.39, 0.29) is 16.4 Å². The molecule has 84 valence electrons. The van der Waals surface area contributed by atoms with Crippen LogP contribution in [0.15, 0.2) is 11.6 Å². The number of hydrogen-bond donors (Lipinski definition) is 1. The van der Waals surface area contributed by atoms with Gasteiger partial charge in [0, 0.05) is 5.41 Å². The molecule has 0 amide bonds. The van der Waals surface area contributed by atoms with Gasteiger partial charge in [0.15, 0.2) is 0 Å². The minimum atomic E-state index is -0.957. The standard InChI is InChI=1S/C13H20O2/c1-12(2,3)8-7-10(11(14)15)9-13(4,5)6/h9H,1-6H3,(H,14,15)/b10-9-. The molecule has 0 saturated carbocycles. The molecule has 0 radical (unpaired) electrons. The lowest BCUT2D eigenvalue weighted by Crippen LogP contribution is -2.08. The highest BCUT2D eigenvalue weighted by molar-refractivity contribution is 5.91. The van der Waals surface area contributed by atoms with Crippen molar-refractivity contribution >= 4 is 5.97 Å². The molecule has 0 aliphatic rings. The molecule has 0 aromatic carbocycles. The van der Waals surface area contributed by atoms with Gasteiger partial charge in [-0.05, 0) is 26.2 Å². The number of carboxylic acid groups (broad SMARTS) is 1. The number of carbonyl (C=O) groups is 1. The van der Waals surface area contributed by atoms with Gasteiger partial charge in [0.05, 0.1) is 0 Å². The molecule has 1 N–H and O–H groups in total. The number of rotatable bonds is 1. The van der Waals surface area contributed by atoms with E-state index in [2.05, 4.69) is 11.8 Å². The Bertz CT molecular complexity index is 324. The van der Waals surface area contributed by atoms with Gasteiger partial charge in [-0.15, -0.1) is 0 Å². The Morgan fingerprint density at radius 3 is 1.87 bits per heavy atom. The lowest BCUT2D eigenvalue weighted by atomic mass is 9.92. The second-order valence-corrected chi connectivity index (χ2v) is 5.73. The van der Waals surface area contributed by atoms with Crippen LogP contribution in [0.1, 0.15) is 41.5 Å². The smallest absolute Gasteiger partial charge is 0.343 e. The number of hydrogen-bond acceptors (Lipinski definition) is 1. The number of aliphatic carboxylic acids is 1.